The zero-order chi connectivity index (χ0) is 39.7. The van der Waals surface area contributed by atoms with Gasteiger partial charge in [0.1, 0.15) is 35.4 Å². The van der Waals surface area contributed by atoms with Crippen LogP contribution in [0, 0.1) is 11.8 Å². The average molecular weight is 781 g/mol. The van der Waals surface area contributed by atoms with Gasteiger partial charge < -0.3 is 15.4 Å². The van der Waals surface area contributed by atoms with Gasteiger partial charge in [-0.2, -0.15) is 5.10 Å². The molecule has 4 saturated heterocycles. The Bertz CT molecular complexity index is 2440. The minimum absolute atomic E-state index is 0.0979. The number of nitrogen functional groups attached to an aromatic ring is 1. The molecule has 296 valence electrons. The summed E-state index contributed by atoms with van der Waals surface area (Å²) in [4.78, 5) is 67.9. The Hall–Kier alpha value is -6.19. The van der Waals surface area contributed by atoms with E-state index in [1.807, 2.05) is 60.7 Å². The highest BCUT2D eigenvalue weighted by Gasteiger charge is 2.45. The van der Waals surface area contributed by atoms with Crippen molar-refractivity contribution in [1.82, 2.24) is 39.8 Å². The van der Waals surface area contributed by atoms with Crippen molar-refractivity contribution in [2.24, 2.45) is 11.8 Å². The van der Waals surface area contributed by atoms with Gasteiger partial charge in [-0.1, -0.05) is 25.1 Å². The van der Waals surface area contributed by atoms with Crippen LogP contribution in [0.5, 0.6) is 11.5 Å². The van der Waals surface area contributed by atoms with Gasteiger partial charge in [0.05, 0.1) is 22.6 Å². The van der Waals surface area contributed by atoms with Gasteiger partial charge in [0.15, 0.2) is 5.65 Å². The Labute approximate surface area is 334 Å². The highest BCUT2D eigenvalue weighted by Crippen LogP contribution is 2.38. The van der Waals surface area contributed by atoms with Gasteiger partial charge in [-0.3, -0.25) is 39.2 Å². The third-order valence-electron chi connectivity index (χ3n) is 12.5. The first-order valence-electron chi connectivity index (χ1n) is 20.1. The average Bonchev–Trinajstić information content (AvgIpc) is 3.69. The minimum atomic E-state index is -0.964. The number of anilines is 2. The summed E-state index contributed by atoms with van der Waals surface area (Å²) in [7, 11) is 0. The summed E-state index contributed by atoms with van der Waals surface area (Å²) in [6, 6.07) is 22.7. The molecule has 2 aromatic heterocycles. The van der Waals surface area contributed by atoms with Crippen molar-refractivity contribution < 1.29 is 23.9 Å². The predicted molar refractivity (Wildman–Crippen MR) is 215 cm³/mol. The quantitative estimate of drug-likeness (QED) is 0.207. The van der Waals surface area contributed by atoms with Crippen molar-refractivity contribution in [2.45, 2.75) is 44.3 Å². The van der Waals surface area contributed by atoms with Crippen molar-refractivity contribution in [3.63, 3.8) is 0 Å². The van der Waals surface area contributed by atoms with Gasteiger partial charge in [0.2, 0.25) is 11.8 Å². The van der Waals surface area contributed by atoms with E-state index in [4.69, 9.17) is 15.6 Å². The van der Waals surface area contributed by atoms with Crippen LogP contribution in [0.4, 0.5) is 11.5 Å². The molecule has 0 spiro atoms. The molecule has 3 atom stereocenters. The van der Waals surface area contributed by atoms with Crippen LogP contribution in [0.2, 0.25) is 0 Å². The van der Waals surface area contributed by atoms with Crippen LogP contribution < -0.4 is 20.7 Å². The second kappa shape index (κ2) is 14.3. The normalized spacial score (nSPS) is 23.2. The maximum atomic E-state index is 13.3. The topological polar surface area (TPSA) is 172 Å². The Balaban J connectivity index is 0.730. The Morgan fingerprint density at radius 3 is 2.36 bits per heavy atom. The zero-order valence-corrected chi connectivity index (χ0v) is 32.2. The zero-order valence-electron chi connectivity index (χ0n) is 32.2. The molecule has 0 radical (unpaired) electrons. The molecule has 3 N–H and O–H groups in total. The number of para-hydroxylation sites is 1. The van der Waals surface area contributed by atoms with E-state index < -0.39 is 23.8 Å². The monoisotopic (exact) mass is 780 g/mol. The first kappa shape index (κ1) is 36.2. The van der Waals surface area contributed by atoms with Crippen LogP contribution in [0.15, 0.2) is 79.1 Å². The standard InChI is InChI=1S/C43H44N10O5/c1-25-18-50(16-15-34(25)53-40-37(39(44)45-24-46-40)38(48-53)27-7-10-31(11-8-27)58-30-5-3-2-4-6-30)29-22-49(23-29)19-26-20-51(21-26)28-9-12-32-33(17-28)43(57)52(42(32)56)35-13-14-36(54)47-41(35)55/h2-12,17,24-26,29,34-35H,13-16,18-23H2,1H3,(H2,44,45,46)(H,47,54,55)/t25-,34+,35?/m1/s1. The summed E-state index contributed by atoms with van der Waals surface area (Å²) < 4.78 is 8.10. The number of aromatic nitrogens is 4. The lowest BCUT2D eigenvalue weighted by atomic mass is 9.90. The molecule has 5 aliphatic rings. The Morgan fingerprint density at radius 2 is 1.60 bits per heavy atom. The maximum Gasteiger partial charge on any atom is 0.262 e. The Kier molecular flexibility index (Phi) is 8.93. The molecular formula is C43H44N10O5. The fourth-order valence-corrected chi connectivity index (χ4v) is 9.43. The number of benzene rings is 3. The first-order valence-corrected chi connectivity index (χ1v) is 20.1. The highest BCUT2D eigenvalue weighted by molar-refractivity contribution is 6.23. The molecule has 3 aromatic carbocycles. The number of piperidine rings is 2. The molecule has 5 aliphatic heterocycles. The molecule has 15 nitrogen and oxygen atoms in total. The van der Waals surface area contributed by atoms with E-state index in [0.29, 0.717) is 34.8 Å². The van der Waals surface area contributed by atoms with Gasteiger partial charge in [-0.15, -0.1) is 0 Å². The van der Waals surface area contributed by atoms with E-state index >= 15 is 0 Å². The third kappa shape index (κ3) is 6.34. The van der Waals surface area contributed by atoms with Gasteiger partial charge >= 0.3 is 0 Å². The molecule has 7 heterocycles. The molecule has 4 amide bonds. The van der Waals surface area contributed by atoms with E-state index in [2.05, 4.69) is 41.6 Å². The number of nitrogens with zero attached hydrogens (tertiary/aromatic N) is 8. The Morgan fingerprint density at radius 1 is 0.845 bits per heavy atom. The number of rotatable bonds is 9. The minimum Gasteiger partial charge on any atom is -0.457 e. The lowest BCUT2D eigenvalue weighted by molar-refractivity contribution is -0.136. The number of hydrogen-bond acceptors (Lipinski definition) is 12. The summed E-state index contributed by atoms with van der Waals surface area (Å²) in [5, 5.41) is 8.18. The number of hydrogen-bond donors (Lipinski definition) is 2. The summed E-state index contributed by atoms with van der Waals surface area (Å²) in [5.74, 6) is 0.856. The first-order chi connectivity index (χ1) is 28.2. The number of carbonyl (C=O) groups is 4. The van der Waals surface area contributed by atoms with Gasteiger partial charge in [0, 0.05) is 75.4 Å². The van der Waals surface area contributed by atoms with E-state index in [-0.39, 0.29) is 24.8 Å². The van der Waals surface area contributed by atoms with Crippen LogP contribution in [-0.2, 0) is 9.59 Å². The van der Waals surface area contributed by atoms with Crippen LogP contribution >= 0.6 is 0 Å². The molecule has 5 aromatic rings. The van der Waals surface area contributed by atoms with Crippen LogP contribution in [0.25, 0.3) is 22.3 Å². The van der Waals surface area contributed by atoms with Crippen molar-refractivity contribution in [1.29, 1.82) is 0 Å². The number of fused-ring (bicyclic) bond motifs is 2. The number of nitrogens with two attached hydrogens (primary N) is 1. The number of ether oxygens (including phenoxy) is 1. The third-order valence-corrected chi connectivity index (χ3v) is 12.5. The SMILES string of the molecule is C[C@@H]1CN(C2CN(CC3CN(c4ccc5c(c4)C(=O)N(C4CCC(=O)NC4=O)C5=O)C3)C2)CC[C@@H]1n1nc(-c2ccc(Oc3ccccc3)cc2)c2c(N)ncnc21. The van der Waals surface area contributed by atoms with Crippen molar-refractivity contribution in [3.8, 4) is 22.8 Å². The summed E-state index contributed by atoms with van der Waals surface area (Å²) >= 11 is 0. The second-order valence-corrected chi connectivity index (χ2v) is 16.3. The van der Waals surface area contributed by atoms with Crippen molar-refractivity contribution >= 4 is 46.2 Å². The molecule has 0 bridgehead atoms. The predicted octanol–water partition coefficient (Wildman–Crippen LogP) is 3.97. The van der Waals surface area contributed by atoms with Crippen LogP contribution in [0.1, 0.15) is 52.9 Å². The van der Waals surface area contributed by atoms with Gasteiger partial charge in [-0.05, 0) is 73.4 Å². The van der Waals surface area contributed by atoms with E-state index in [9.17, 15) is 19.2 Å². The number of imide groups is 2. The largest absolute Gasteiger partial charge is 0.457 e. The van der Waals surface area contributed by atoms with Crippen molar-refractivity contribution in [3.05, 3.63) is 90.3 Å². The molecular weight excluding hydrogens is 737 g/mol. The fraction of sp³-hybridized carbons (Fsp3) is 0.372. The second-order valence-electron chi connectivity index (χ2n) is 16.3. The lowest BCUT2D eigenvalue weighted by Crippen LogP contribution is -2.64. The summed E-state index contributed by atoms with van der Waals surface area (Å²) in [6.07, 6.45) is 2.72. The molecule has 15 heteroatoms. The number of amides is 4. The maximum absolute atomic E-state index is 13.3. The van der Waals surface area contributed by atoms with Crippen molar-refractivity contribution in [2.75, 3.05) is 56.4 Å². The lowest BCUT2D eigenvalue weighted by Gasteiger charge is -2.51. The fourth-order valence-electron chi connectivity index (χ4n) is 9.43. The molecule has 1 unspecified atom stereocenters. The number of carbonyl (C=O) groups excluding carboxylic acids is 4. The van der Waals surface area contributed by atoms with Gasteiger partial charge in [-0.25, -0.2) is 14.6 Å². The summed E-state index contributed by atoms with van der Waals surface area (Å²) in [6.45, 7) is 9.12. The molecule has 4 fully saturated rings. The number of nitrogens with one attached hydrogen (secondary N) is 1. The van der Waals surface area contributed by atoms with Crippen LogP contribution in [-0.4, -0.2) is 116 Å². The van der Waals surface area contributed by atoms with E-state index in [0.717, 1.165) is 96.6 Å². The molecule has 58 heavy (non-hydrogen) atoms. The van der Waals surface area contributed by atoms with E-state index in [1.165, 1.54) is 6.33 Å². The molecule has 10 rings (SSSR count). The smallest absolute Gasteiger partial charge is 0.262 e. The van der Waals surface area contributed by atoms with E-state index in [1.54, 1.807) is 12.1 Å². The van der Waals surface area contributed by atoms with Crippen LogP contribution in [0.3, 0.4) is 0 Å². The number of likely N-dealkylation sites (tertiary alicyclic amines) is 2. The summed E-state index contributed by atoms with van der Waals surface area (Å²) in [5.41, 5.74) is 10.4. The molecule has 0 saturated carbocycles. The van der Waals surface area contributed by atoms with Gasteiger partial charge in [0.25, 0.3) is 11.8 Å². The highest BCUT2D eigenvalue weighted by atomic mass is 16.5. The molecule has 0 aliphatic carbocycles.